The lowest BCUT2D eigenvalue weighted by Crippen LogP contribution is -2.15. The fraction of sp³-hybridized carbons (Fsp3) is 0.417. The summed E-state index contributed by atoms with van der Waals surface area (Å²) in [6.45, 7) is 1.94. The van der Waals surface area contributed by atoms with E-state index in [0.717, 1.165) is 11.1 Å². The Morgan fingerprint density at radius 1 is 1.44 bits per heavy atom. The molecular weight excluding hydrogens is 252 g/mol. The molecule has 0 aliphatic rings. The van der Waals surface area contributed by atoms with Crippen molar-refractivity contribution in [2.24, 2.45) is 5.73 Å². The quantitative estimate of drug-likeness (QED) is 0.909. The third kappa shape index (κ3) is 2.88. The zero-order chi connectivity index (χ0) is 13.3. The molecule has 1 atom stereocenters. The molecule has 0 radical (unpaired) electrons. The number of rotatable bonds is 4. The average molecular weight is 268 g/mol. The van der Waals surface area contributed by atoms with E-state index in [0.29, 0.717) is 17.9 Å². The summed E-state index contributed by atoms with van der Waals surface area (Å²) in [5.74, 6) is 0.425. The van der Waals surface area contributed by atoms with Crippen LogP contribution in [0.5, 0.6) is 0 Å². The number of nitrogens with zero attached hydrogens (tertiary/aromatic N) is 1. The summed E-state index contributed by atoms with van der Waals surface area (Å²) in [7, 11) is -3.01. The van der Waals surface area contributed by atoms with Gasteiger partial charge in [-0.1, -0.05) is 12.1 Å². The van der Waals surface area contributed by atoms with Crippen LogP contribution in [0.3, 0.4) is 0 Å². The Kier molecular flexibility index (Phi) is 3.41. The molecule has 2 aromatic rings. The summed E-state index contributed by atoms with van der Waals surface area (Å²) in [4.78, 5) is 4.33. The van der Waals surface area contributed by atoms with Crippen LogP contribution in [0.15, 0.2) is 22.6 Å². The molecule has 18 heavy (non-hydrogen) atoms. The summed E-state index contributed by atoms with van der Waals surface area (Å²) in [6.07, 6.45) is 1.50. The van der Waals surface area contributed by atoms with Crippen molar-refractivity contribution in [1.82, 2.24) is 4.98 Å². The average Bonchev–Trinajstić information content (AvgIpc) is 2.70. The van der Waals surface area contributed by atoms with Crippen LogP contribution in [0.4, 0.5) is 0 Å². The summed E-state index contributed by atoms with van der Waals surface area (Å²) in [5.41, 5.74) is 8.37. The summed E-state index contributed by atoms with van der Waals surface area (Å²) >= 11 is 0. The molecular formula is C12H16N2O3S. The van der Waals surface area contributed by atoms with Crippen molar-refractivity contribution in [3.63, 3.8) is 0 Å². The predicted octanol–water partition coefficient (Wildman–Crippen LogP) is 1.57. The molecule has 0 amide bonds. The first-order valence-corrected chi connectivity index (χ1v) is 7.72. The SMILES string of the molecule is Cc1cccc2oc(C(N)CCS(C)(=O)=O)nc12. The summed E-state index contributed by atoms with van der Waals surface area (Å²) < 4.78 is 27.7. The van der Waals surface area contributed by atoms with Crippen molar-refractivity contribution in [1.29, 1.82) is 0 Å². The van der Waals surface area contributed by atoms with E-state index < -0.39 is 15.9 Å². The molecule has 2 rings (SSSR count). The number of para-hydroxylation sites is 1. The Morgan fingerprint density at radius 2 is 2.17 bits per heavy atom. The molecule has 0 aliphatic heterocycles. The minimum atomic E-state index is -3.01. The number of nitrogens with two attached hydrogens (primary N) is 1. The number of hydrogen-bond acceptors (Lipinski definition) is 5. The van der Waals surface area contributed by atoms with Gasteiger partial charge in [0.25, 0.3) is 0 Å². The maximum atomic E-state index is 11.1. The lowest BCUT2D eigenvalue weighted by molar-refractivity contribution is 0.468. The van der Waals surface area contributed by atoms with Crippen LogP contribution < -0.4 is 5.73 Å². The molecule has 0 saturated carbocycles. The van der Waals surface area contributed by atoms with Crippen LogP contribution in [0.25, 0.3) is 11.1 Å². The van der Waals surface area contributed by atoms with Gasteiger partial charge in [-0.15, -0.1) is 0 Å². The maximum absolute atomic E-state index is 11.1. The van der Waals surface area contributed by atoms with Crippen LogP contribution >= 0.6 is 0 Å². The van der Waals surface area contributed by atoms with Crippen molar-refractivity contribution in [2.45, 2.75) is 19.4 Å². The van der Waals surface area contributed by atoms with Crippen LogP contribution in [0.1, 0.15) is 23.9 Å². The molecule has 0 bridgehead atoms. The normalized spacial score (nSPS) is 13.9. The highest BCUT2D eigenvalue weighted by molar-refractivity contribution is 7.90. The van der Waals surface area contributed by atoms with Crippen LogP contribution in [-0.4, -0.2) is 25.4 Å². The van der Waals surface area contributed by atoms with Gasteiger partial charge in [-0.05, 0) is 25.0 Å². The molecule has 2 N–H and O–H groups in total. The highest BCUT2D eigenvalue weighted by Gasteiger charge is 2.16. The van der Waals surface area contributed by atoms with Gasteiger partial charge in [0.1, 0.15) is 15.4 Å². The maximum Gasteiger partial charge on any atom is 0.212 e. The van der Waals surface area contributed by atoms with Crippen molar-refractivity contribution in [2.75, 3.05) is 12.0 Å². The first kappa shape index (κ1) is 13.0. The molecule has 1 aromatic heterocycles. The van der Waals surface area contributed by atoms with E-state index in [2.05, 4.69) is 4.98 Å². The van der Waals surface area contributed by atoms with Crippen LogP contribution in [0.2, 0.25) is 0 Å². The Balaban J connectivity index is 2.23. The van der Waals surface area contributed by atoms with Gasteiger partial charge in [0, 0.05) is 6.26 Å². The smallest absolute Gasteiger partial charge is 0.212 e. The monoisotopic (exact) mass is 268 g/mol. The van der Waals surface area contributed by atoms with Crippen molar-refractivity contribution >= 4 is 20.9 Å². The van der Waals surface area contributed by atoms with E-state index in [1.807, 2.05) is 25.1 Å². The summed E-state index contributed by atoms with van der Waals surface area (Å²) in [6, 6.07) is 5.15. The fourth-order valence-corrected chi connectivity index (χ4v) is 2.41. The Hall–Kier alpha value is -1.40. The van der Waals surface area contributed by atoms with E-state index in [1.165, 1.54) is 6.26 Å². The van der Waals surface area contributed by atoms with E-state index in [-0.39, 0.29) is 5.75 Å². The predicted molar refractivity (Wildman–Crippen MR) is 70.0 cm³/mol. The summed E-state index contributed by atoms with van der Waals surface area (Å²) in [5, 5.41) is 0. The molecule has 5 nitrogen and oxygen atoms in total. The highest BCUT2D eigenvalue weighted by atomic mass is 32.2. The standard InChI is InChI=1S/C12H16N2O3S/c1-8-4-3-5-10-11(8)14-12(17-10)9(13)6-7-18(2,15)16/h3-5,9H,6-7,13H2,1-2H3. The first-order valence-electron chi connectivity index (χ1n) is 5.66. The third-order valence-corrected chi connectivity index (χ3v) is 3.73. The number of fused-ring (bicyclic) bond motifs is 1. The molecule has 0 spiro atoms. The number of benzene rings is 1. The minimum Gasteiger partial charge on any atom is -0.439 e. The molecule has 1 heterocycles. The zero-order valence-corrected chi connectivity index (χ0v) is 11.2. The second-order valence-corrected chi connectivity index (χ2v) is 6.76. The zero-order valence-electron chi connectivity index (χ0n) is 10.4. The fourth-order valence-electron chi connectivity index (χ4n) is 1.73. The van der Waals surface area contributed by atoms with E-state index >= 15 is 0 Å². The van der Waals surface area contributed by atoms with Gasteiger partial charge >= 0.3 is 0 Å². The van der Waals surface area contributed by atoms with E-state index in [9.17, 15) is 8.42 Å². The van der Waals surface area contributed by atoms with Crippen LogP contribution in [-0.2, 0) is 9.84 Å². The third-order valence-electron chi connectivity index (χ3n) is 2.75. The lowest BCUT2D eigenvalue weighted by atomic mass is 10.2. The van der Waals surface area contributed by atoms with Crippen molar-refractivity contribution in [3.8, 4) is 0 Å². The van der Waals surface area contributed by atoms with Gasteiger partial charge in [-0.3, -0.25) is 0 Å². The van der Waals surface area contributed by atoms with Gasteiger partial charge < -0.3 is 10.2 Å². The van der Waals surface area contributed by atoms with Gasteiger partial charge in [0.05, 0.1) is 11.8 Å². The molecule has 0 aliphatic carbocycles. The molecule has 0 saturated heterocycles. The topological polar surface area (TPSA) is 86.2 Å². The van der Waals surface area contributed by atoms with Crippen molar-refractivity contribution in [3.05, 3.63) is 29.7 Å². The van der Waals surface area contributed by atoms with Gasteiger partial charge in [0.15, 0.2) is 5.58 Å². The van der Waals surface area contributed by atoms with E-state index in [4.69, 9.17) is 10.2 Å². The molecule has 1 unspecified atom stereocenters. The van der Waals surface area contributed by atoms with Gasteiger partial charge in [-0.2, -0.15) is 0 Å². The Bertz CT molecular complexity index is 661. The second-order valence-electron chi connectivity index (χ2n) is 4.50. The molecule has 98 valence electrons. The van der Waals surface area contributed by atoms with Gasteiger partial charge in [-0.25, -0.2) is 13.4 Å². The number of sulfone groups is 1. The molecule has 6 heteroatoms. The number of aryl methyl sites for hydroxylation is 1. The minimum absolute atomic E-state index is 0.0336. The van der Waals surface area contributed by atoms with Crippen molar-refractivity contribution < 1.29 is 12.8 Å². The lowest BCUT2D eigenvalue weighted by Gasteiger charge is -2.05. The Morgan fingerprint density at radius 3 is 2.78 bits per heavy atom. The van der Waals surface area contributed by atoms with E-state index in [1.54, 1.807) is 0 Å². The highest BCUT2D eigenvalue weighted by Crippen LogP contribution is 2.23. The van der Waals surface area contributed by atoms with Gasteiger partial charge in [0.2, 0.25) is 5.89 Å². The number of aromatic nitrogens is 1. The number of oxazole rings is 1. The van der Waals surface area contributed by atoms with Crippen LogP contribution in [0, 0.1) is 6.92 Å². The first-order chi connectivity index (χ1) is 8.37. The second kappa shape index (κ2) is 4.70. The largest absolute Gasteiger partial charge is 0.439 e. The molecule has 1 aromatic carbocycles. The Labute approximate surface area is 106 Å². The number of hydrogen-bond donors (Lipinski definition) is 1. The molecule has 0 fully saturated rings.